The lowest BCUT2D eigenvalue weighted by atomic mass is 10.0. The van der Waals surface area contributed by atoms with E-state index >= 15 is 0 Å². The molecule has 1 aromatic rings. The molecule has 0 saturated heterocycles. The van der Waals surface area contributed by atoms with E-state index in [1.54, 1.807) is 6.07 Å². The van der Waals surface area contributed by atoms with Gasteiger partial charge in [-0.05, 0) is 36.6 Å². The number of aldehydes is 1. The van der Waals surface area contributed by atoms with Crippen molar-refractivity contribution in [3.63, 3.8) is 0 Å². The second-order valence-electron chi connectivity index (χ2n) is 3.39. The molecule has 0 heterocycles. The van der Waals surface area contributed by atoms with Crippen molar-refractivity contribution < 1.29 is 9.18 Å². The number of hydrogen-bond donors (Lipinski definition) is 0. The first kappa shape index (κ1) is 11.4. The lowest BCUT2D eigenvalue weighted by Crippen LogP contribution is -1.99. The van der Waals surface area contributed by atoms with Crippen molar-refractivity contribution in [3.8, 4) is 0 Å². The zero-order valence-electron chi connectivity index (χ0n) is 7.97. The highest BCUT2D eigenvalue weighted by Crippen LogP contribution is 2.20. The van der Waals surface area contributed by atoms with Crippen LogP contribution in [0.15, 0.2) is 22.7 Å². The molecule has 0 aliphatic rings. The van der Waals surface area contributed by atoms with Crippen molar-refractivity contribution in [1.29, 1.82) is 0 Å². The Hall–Kier alpha value is -0.700. The first-order chi connectivity index (χ1) is 6.63. The summed E-state index contributed by atoms with van der Waals surface area (Å²) in [6, 6.07) is 4.61. The number of rotatable bonds is 4. The van der Waals surface area contributed by atoms with Gasteiger partial charge in [-0.1, -0.05) is 22.9 Å². The summed E-state index contributed by atoms with van der Waals surface area (Å²) in [5.41, 5.74) is 0.915. The third kappa shape index (κ3) is 3.22. The molecule has 0 aromatic heterocycles. The van der Waals surface area contributed by atoms with E-state index in [1.807, 2.05) is 6.92 Å². The van der Waals surface area contributed by atoms with Gasteiger partial charge in [0.15, 0.2) is 0 Å². The van der Waals surface area contributed by atoms with Crippen LogP contribution in [0.3, 0.4) is 0 Å². The zero-order valence-corrected chi connectivity index (χ0v) is 9.55. The average Bonchev–Trinajstić information content (AvgIpc) is 2.19. The van der Waals surface area contributed by atoms with Gasteiger partial charge in [0.25, 0.3) is 0 Å². The van der Waals surface area contributed by atoms with E-state index in [2.05, 4.69) is 15.9 Å². The fraction of sp³-hybridized carbons (Fsp3) is 0.364. The highest BCUT2D eigenvalue weighted by Gasteiger charge is 2.04. The third-order valence-electron chi connectivity index (χ3n) is 2.11. The van der Waals surface area contributed by atoms with Crippen LogP contribution in [0.25, 0.3) is 0 Å². The van der Waals surface area contributed by atoms with Crippen molar-refractivity contribution in [3.05, 3.63) is 34.1 Å². The number of carbonyl (C=O) groups excluding carboxylic acids is 1. The summed E-state index contributed by atoms with van der Waals surface area (Å²) in [5.74, 6) is -0.202. The van der Waals surface area contributed by atoms with Gasteiger partial charge >= 0.3 is 0 Å². The maximum Gasteiger partial charge on any atom is 0.123 e. The fourth-order valence-electron chi connectivity index (χ4n) is 1.19. The van der Waals surface area contributed by atoms with Gasteiger partial charge < -0.3 is 4.79 Å². The Morgan fingerprint density at radius 3 is 2.93 bits per heavy atom. The van der Waals surface area contributed by atoms with Crippen LogP contribution >= 0.6 is 15.9 Å². The summed E-state index contributed by atoms with van der Waals surface area (Å²) in [4.78, 5) is 10.4. The van der Waals surface area contributed by atoms with Crippen molar-refractivity contribution in [2.75, 3.05) is 0 Å². The maximum absolute atomic E-state index is 12.9. The predicted octanol–water partition coefficient (Wildman–Crippen LogP) is 3.36. The van der Waals surface area contributed by atoms with Crippen molar-refractivity contribution in [2.45, 2.75) is 19.8 Å². The van der Waals surface area contributed by atoms with E-state index in [0.29, 0.717) is 0 Å². The Balaban J connectivity index is 2.66. The Morgan fingerprint density at radius 1 is 1.57 bits per heavy atom. The molecule has 1 nitrogen and oxygen atoms in total. The summed E-state index contributed by atoms with van der Waals surface area (Å²) >= 11 is 3.35. The molecule has 0 saturated carbocycles. The molecule has 1 aromatic carbocycles. The summed E-state index contributed by atoms with van der Waals surface area (Å²) in [6.07, 6.45) is 2.40. The third-order valence-corrected chi connectivity index (χ3v) is 2.88. The quantitative estimate of drug-likeness (QED) is 0.758. The monoisotopic (exact) mass is 258 g/mol. The number of carbonyl (C=O) groups is 1. The van der Waals surface area contributed by atoms with Crippen LogP contribution in [0.1, 0.15) is 18.9 Å². The molecule has 0 amide bonds. The van der Waals surface area contributed by atoms with E-state index in [1.165, 1.54) is 12.1 Å². The predicted molar refractivity (Wildman–Crippen MR) is 57.6 cm³/mol. The average molecular weight is 259 g/mol. The molecular formula is C11H12BrFO. The molecule has 0 aliphatic heterocycles. The Kier molecular flexibility index (Phi) is 4.26. The normalized spacial score (nSPS) is 12.5. The van der Waals surface area contributed by atoms with E-state index in [9.17, 15) is 9.18 Å². The molecule has 14 heavy (non-hydrogen) atoms. The van der Waals surface area contributed by atoms with Crippen LogP contribution in [0, 0.1) is 11.7 Å². The largest absolute Gasteiger partial charge is 0.303 e. The van der Waals surface area contributed by atoms with Crippen LogP contribution in [-0.4, -0.2) is 6.29 Å². The minimum Gasteiger partial charge on any atom is -0.303 e. The lowest BCUT2D eigenvalue weighted by molar-refractivity contribution is -0.110. The summed E-state index contributed by atoms with van der Waals surface area (Å²) in [6.45, 7) is 1.86. The van der Waals surface area contributed by atoms with Gasteiger partial charge in [0.1, 0.15) is 12.1 Å². The minimum absolute atomic E-state index is 0.0326. The summed E-state index contributed by atoms with van der Waals surface area (Å²) in [7, 11) is 0. The van der Waals surface area contributed by atoms with Crippen molar-refractivity contribution in [1.82, 2.24) is 0 Å². The first-order valence-electron chi connectivity index (χ1n) is 4.52. The topological polar surface area (TPSA) is 17.1 Å². The van der Waals surface area contributed by atoms with Crippen LogP contribution in [0.5, 0.6) is 0 Å². The molecule has 0 unspecified atom stereocenters. The number of hydrogen-bond acceptors (Lipinski definition) is 1. The highest BCUT2D eigenvalue weighted by atomic mass is 79.9. The first-order valence-corrected chi connectivity index (χ1v) is 5.32. The summed E-state index contributed by atoms with van der Waals surface area (Å²) in [5, 5.41) is 0. The van der Waals surface area contributed by atoms with Gasteiger partial charge in [0.05, 0.1) is 0 Å². The van der Waals surface area contributed by atoms with E-state index in [4.69, 9.17) is 0 Å². The van der Waals surface area contributed by atoms with Crippen LogP contribution in [-0.2, 0) is 11.2 Å². The Labute approximate surface area is 91.5 Å². The van der Waals surface area contributed by atoms with Gasteiger partial charge in [-0.25, -0.2) is 4.39 Å². The lowest BCUT2D eigenvalue weighted by Gasteiger charge is -2.06. The Morgan fingerprint density at radius 2 is 2.29 bits per heavy atom. The number of benzene rings is 1. The second kappa shape index (κ2) is 5.25. The molecule has 0 radical (unpaired) electrons. The smallest absolute Gasteiger partial charge is 0.123 e. The molecule has 1 atom stereocenters. The van der Waals surface area contributed by atoms with Gasteiger partial charge in [0.2, 0.25) is 0 Å². The molecule has 76 valence electrons. The molecule has 0 spiro atoms. The maximum atomic E-state index is 12.9. The molecule has 0 N–H and O–H groups in total. The van der Waals surface area contributed by atoms with Crippen LogP contribution in [0.2, 0.25) is 0 Å². The molecule has 0 bridgehead atoms. The minimum atomic E-state index is -0.234. The molecule has 0 aliphatic carbocycles. The van der Waals surface area contributed by atoms with Gasteiger partial charge in [0, 0.05) is 10.4 Å². The SMILES string of the molecule is C[C@H](C=O)CCc1cc(F)ccc1Br. The number of halogens is 2. The second-order valence-corrected chi connectivity index (χ2v) is 4.24. The van der Waals surface area contributed by atoms with Gasteiger partial charge in [-0.3, -0.25) is 0 Å². The fourth-order valence-corrected chi connectivity index (χ4v) is 1.63. The molecule has 0 fully saturated rings. The van der Waals surface area contributed by atoms with Crippen LogP contribution < -0.4 is 0 Å². The standard InChI is InChI=1S/C11H12BrFO/c1-8(7-14)2-3-9-6-10(13)4-5-11(9)12/h4-8H,2-3H2,1H3/t8-/m0/s1. The molecule has 3 heteroatoms. The van der Waals surface area contributed by atoms with E-state index in [-0.39, 0.29) is 11.7 Å². The van der Waals surface area contributed by atoms with Crippen LogP contribution in [0.4, 0.5) is 4.39 Å². The molecule has 1 rings (SSSR count). The van der Waals surface area contributed by atoms with E-state index < -0.39 is 0 Å². The zero-order chi connectivity index (χ0) is 10.6. The Bertz CT molecular complexity index is 325. The number of aryl methyl sites for hydroxylation is 1. The van der Waals surface area contributed by atoms with Gasteiger partial charge in [-0.15, -0.1) is 0 Å². The molecular weight excluding hydrogens is 247 g/mol. The highest BCUT2D eigenvalue weighted by molar-refractivity contribution is 9.10. The summed E-state index contributed by atoms with van der Waals surface area (Å²) < 4.78 is 13.8. The van der Waals surface area contributed by atoms with Crippen molar-refractivity contribution >= 4 is 22.2 Å². The van der Waals surface area contributed by atoms with Crippen molar-refractivity contribution in [2.24, 2.45) is 5.92 Å². The van der Waals surface area contributed by atoms with E-state index in [0.717, 1.165) is 29.2 Å². The van der Waals surface area contributed by atoms with Gasteiger partial charge in [-0.2, -0.15) is 0 Å².